The van der Waals surface area contributed by atoms with Crippen LogP contribution in [0.4, 0.5) is 4.39 Å². The molecule has 2 aliphatic rings. The van der Waals surface area contributed by atoms with Crippen LogP contribution in [0.25, 0.3) is 10.9 Å². The first-order chi connectivity index (χ1) is 14.7. The molecule has 1 unspecified atom stereocenters. The first-order valence-electron chi connectivity index (χ1n) is 11.3. The number of H-pyrrole nitrogens is 1. The number of piperidine rings is 1. The number of nitrogens with one attached hydrogen (secondary N) is 3. The van der Waals surface area contributed by atoms with Gasteiger partial charge in [0.15, 0.2) is 5.96 Å². The number of nitrogens with zero attached hydrogens (tertiary/aromatic N) is 2. The van der Waals surface area contributed by atoms with Crippen molar-refractivity contribution in [1.29, 1.82) is 0 Å². The third-order valence-corrected chi connectivity index (χ3v) is 6.19. The summed E-state index contributed by atoms with van der Waals surface area (Å²) in [6.07, 6.45) is 6.23. The minimum Gasteiger partial charge on any atom is -0.381 e. The maximum atomic E-state index is 13.6. The van der Waals surface area contributed by atoms with Crippen molar-refractivity contribution in [2.45, 2.75) is 38.6 Å². The van der Waals surface area contributed by atoms with Crippen LogP contribution in [0.2, 0.25) is 0 Å². The molecule has 0 bridgehead atoms. The van der Waals surface area contributed by atoms with E-state index in [0.717, 1.165) is 74.5 Å². The van der Waals surface area contributed by atoms with Gasteiger partial charge in [0.25, 0.3) is 0 Å². The molecule has 3 N–H and O–H groups in total. The van der Waals surface area contributed by atoms with Gasteiger partial charge in [-0.25, -0.2) is 4.39 Å². The zero-order valence-corrected chi connectivity index (χ0v) is 20.7. The molecule has 2 aromatic rings. The molecule has 4 rings (SSSR count). The van der Waals surface area contributed by atoms with Crippen LogP contribution in [0.15, 0.2) is 29.4 Å². The molecule has 1 atom stereocenters. The van der Waals surface area contributed by atoms with Gasteiger partial charge in [-0.05, 0) is 62.3 Å². The predicted molar refractivity (Wildman–Crippen MR) is 135 cm³/mol. The van der Waals surface area contributed by atoms with Gasteiger partial charge in [0.05, 0.1) is 6.61 Å². The lowest BCUT2D eigenvalue weighted by atomic mass is 10.0. The van der Waals surface area contributed by atoms with E-state index in [4.69, 9.17) is 9.73 Å². The molecule has 172 valence electrons. The van der Waals surface area contributed by atoms with Crippen LogP contribution < -0.4 is 10.6 Å². The Kier molecular flexibility index (Phi) is 9.40. The molecule has 0 aliphatic carbocycles. The summed E-state index contributed by atoms with van der Waals surface area (Å²) in [4.78, 5) is 10.6. The molecule has 1 aromatic carbocycles. The van der Waals surface area contributed by atoms with E-state index in [1.807, 2.05) is 6.20 Å². The Morgan fingerprint density at radius 3 is 2.87 bits per heavy atom. The lowest BCUT2D eigenvalue weighted by Gasteiger charge is -2.34. The van der Waals surface area contributed by atoms with Gasteiger partial charge < -0.3 is 25.3 Å². The van der Waals surface area contributed by atoms with Gasteiger partial charge in [-0.1, -0.05) is 0 Å². The molecule has 1 aromatic heterocycles. The predicted octanol–water partition coefficient (Wildman–Crippen LogP) is 3.52. The number of aromatic nitrogens is 1. The number of halogens is 2. The number of fused-ring (bicyclic) bond motifs is 1. The van der Waals surface area contributed by atoms with Crippen molar-refractivity contribution in [3.05, 3.63) is 35.8 Å². The zero-order chi connectivity index (χ0) is 20.8. The standard InChI is InChI=1S/C23H34FN5O.HI/c1-2-25-23(26-9-5-18-14-27-22-4-3-19(24)13-21(18)22)28-20-6-10-29(11-7-20)15-17-8-12-30-16-17;/h3-4,13-14,17,20,27H,2,5-12,15-16H2,1H3,(H2,25,26,28);1H. The quantitative estimate of drug-likeness (QED) is 0.284. The first kappa shape index (κ1) is 24.3. The van der Waals surface area contributed by atoms with Gasteiger partial charge in [-0.2, -0.15) is 0 Å². The molecule has 2 aliphatic heterocycles. The van der Waals surface area contributed by atoms with Gasteiger partial charge in [-0.3, -0.25) is 4.99 Å². The van der Waals surface area contributed by atoms with E-state index in [1.165, 1.54) is 19.0 Å². The highest BCUT2D eigenvalue weighted by Crippen LogP contribution is 2.20. The monoisotopic (exact) mass is 543 g/mol. The van der Waals surface area contributed by atoms with Crippen LogP contribution in [-0.4, -0.2) is 67.8 Å². The molecule has 0 amide bonds. The van der Waals surface area contributed by atoms with Crippen LogP contribution in [0.3, 0.4) is 0 Å². The average molecular weight is 543 g/mol. The molecule has 0 radical (unpaired) electrons. The van der Waals surface area contributed by atoms with Gasteiger partial charge >= 0.3 is 0 Å². The van der Waals surface area contributed by atoms with Crippen molar-refractivity contribution in [2.75, 3.05) is 45.9 Å². The Morgan fingerprint density at radius 1 is 1.29 bits per heavy atom. The third kappa shape index (κ3) is 6.79. The summed E-state index contributed by atoms with van der Waals surface area (Å²) in [5.41, 5.74) is 2.07. The van der Waals surface area contributed by atoms with Crippen molar-refractivity contribution in [1.82, 2.24) is 20.5 Å². The molecule has 2 fully saturated rings. The van der Waals surface area contributed by atoms with Gasteiger partial charge in [0, 0.05) is 62.5 Å². The van der Waals surface area contributed by atoms with Crippen LogP contribution in [0, 0.1) is 11.7 Å². The molecule has 3 heterocycles. The second-order valence-electron chi connectivity index (χ2n) is 8.46. The Balaban J connectivity index is 0.00000272. The summed E-state index contributed by atoms with van der Waals surface area (Å²) in [6.45, 7) is 8.89. The Morgan fingerprint density at radius 2 is 2.13 bits per heavy atom. The summed E-state index contributed by atoms with van der Waals surface area (Å²) < 4.78 is 19.1. The van der Waals surface area contributed by atoms with Crippen LogP contribution in [0.1, 0.15) is 31.7 Å². The maximum Gasteiger partial charge on any atom is 0.191 e. The number of rotatable bonds is 7. The summed E-state index contributed by atoms with van der Waals surface area (Å²) in [5.74, 6) is 1.39. The van der Waals surface area contributed by atoms with Crippen molar-refractivity contribution in [3.63, 3.8) is 0 Å². The SMILES string of the molecule is CCNC(=NCCc1c[nH]c2ccc(F)cc12)NC1CCN(CC2CCOC2)CC1.I. The molecule has 31 heavy (non-hydrogen) atoms. The first-order valence-corrected chi connectivity index (χ1v) is 11.3. The minimum atomic E-state index is -0.200. The third-order valence-electron chi connectivity index (χ3n) is 6.19. The van der Waals surface area contributed by atoms with E-state index in [0.29, 0.717) is 18.5 Å². The molecule has 6 nitrogen and oxygen atoms in total. The van der Waals surface area contributed by atoms with Crippen molar-refractivity contribution < 1.29 is 9.13 Å². The van der Waals surface area contributed by atoms with E-state index < -0.39 is 0 Å². The van der Waals surface area contributed by atoms with E-state index in [1.54, 1.807) is 12.1 Å². The molecule has 2 saturated heterocycles. The number of hydrogen-bond donors (Lipinski definition) is 3. The fraction of sp³-hybridized carbons (Fsp3) is 0.609. The maximum absolute atomic E-state index is 13.6. The largest absolute Gasteiger partial charge is 0.381 e. The van der Waals surface area contributed by atoms with E-state index >= 15 is 0 Å². The molecular formula is C23H35FIN5O. The van der Waals surface area contributed by atoms with Crippen LogP contribution in [0.5, 0.6) is 0 Å². The van der Waals surface area contributed by atoms with E-state index in [2.05, 4.69) is 27.4 Å². The number of benzene rings is 1. The molecule has 0 spiro atoms. The van der Waals surface area contributed by atoms with E-state index in [9.17, 15) is 4.39 Å². The minimum absolute atomic E-state index is 0. The highest BCUT2D eigenvalue weighted by molar-refractivity contribution is 14.0. The van der Waals surface area contributed by atoms with Crippen molar-refractivity contribution in [2.24, 2.45) is 10.9 Å². The fourth-order valence-corrected chi connectivity index (χ4v) is 4.51. The zero-order valence-electron chi connectivity index (χ0n) is 18.3. The smallest absolute Gasteiger partial charge is 0.191 e. The summed E-state index contributed by atoms with van der Waals surface area (Å²) in [5, 5.41) is 7.93. The lowest BCUT2D eigenvalue weighted by Crippen LogP contribution is -2.49. The molecule has 8 heteroatoms. The molecule has 0 saturated carbocycles. The fourth-order valence-electron chi connectivity index (χ4n) is 4.51. The summed E-state index contributed by atoms with van der Waals surface area (Å²) >= 11 is 0. The highest BCUT2D eigenvalue weighted by atomic mass is 127. The highest BCUT2D eigenvalue weighted by Gasteiger charge is 2.24. The topological polar surface area (TPSA) is 64.7 Å². The Hall–Kier alpha value is -1.39. The Labute approximate surface area is 201 Å². The van der Waals surface area contributed by atoms with Crippen molar-refractivity contribution >= 4 is 40.8 Å². The second kappa shape index (κ2) is 12.0. The number of hydrogen-bond acceptors (Lipinski definition) is 3. The van der Waals surface area contributed by atoms with Gasteiger partial charge in [-0.15, -0.1) is 24.0 Å². The van der Waals surface area contributed by atoms with Crippen LogP contribution in [-0.2, 0) is 11.2 Å². The molecular weight excluding hydrogens is 508 g/mol. The number of likely N-dealkylation sites (tertiary alicyclic amines) is 1. The summed E-state index contributed by atoms with van der Waals surface area (Å²) in [6, 6.07) is 5.33. The van der Waals surface area contributed by atoms with Gasteiger partial charge in [0.1, 0.15) is 5.82 Å². The van der Waals surface area contributed by atoms with Crippen LogP contribution >= 0.6 is 24.0 Å². The number of guanidine groups is 1. The number of aromatic amines is 1. The van der Waals surface area contributed by atoms with E-state index in [-0.39, 0.29) is 29.8 Å². The van der Waals surface area contributed by atoms with Gasteiger partial charge in [0.2, 0.25) is 0 Å². The number of ether oxygens (including phenoxy) is 1. The Bertz CT molecular complexity index is 844. The normalized spacial score (nSPS) is 20.7. The lowest BCUT2D eigenvalue weighted by molar-refractivity contribution is 0.150. The average Bonchev–Trinajstić information content (AvgIpc) is 3.39. The summed E-state index contributed by atoms with van der Waals surface area (Å²) in [7, 11) is 0. The van der Waals surface area contributed by atoms with Crippen molar-refractivity contribution in [3.8, 4) is 0 Å². The second-order valence-corrected chi connectivity index (χ2v) is 8.46. The number of aliphatic imine (C=N–C) groups is 1.